The number of hydrogen-bond acceptors (Lipinski definition) is 2. The minimum Gasteiger partial charge on any atom is -0.383 e. The van der Waals surface area contributed by atoms with Crippen LogP contribution >= 0.6 is 0 Å². The highest BCUT2D eigenvalue weighted by atomic mass is 16.2. The summed E-state index contributed by atoms with van der Waals surface area (Å²) in [6.07, 6.45) is 1.86. The quantitative estimate of drug-likeness (QED) is 0.863. The second-order valence-electron chi connectivity index (χ2n) is 4.63. The van der Waals surface area contributed by atoms with Gasteiger partial charge in [-0.3, -0.25) is 4.79 Å². The Kier molecular flexibility index (Phi) is 4.23. The largest absolute Gasteiger partial charge is 0.383 e. The summed E-state index contributed by atoms with van der Waals surface area (Å²) in [5.74, 6) is -0.0464. The van der Waals surface area contributed by atoms with Gasteiger partial charge in [-0.15, -0.1) is 0 Å². The van der Waals surface area contributed by atoms with E-state index in [-0.39, 0.29) is 11.9 Å². The number of para-hydroxylation sites is 1. The topological polar surface area (TPSA) is 46.1 Å². The van der Waals surface area contributed by atoms with Gasteiger partial charge in [0.05, 0.1) is 0 Å². The lowest BCUT2D eigenvalue weighted by Crippen LogP contribution is -2.38. The lowest BCUT2D eigenvalue weighted by molar-refractivity contribution is 0.0934. The van der Waals surface area contributed by atoms with Crippen LogP contribution in [-0.2, 0) is 7.05 Å². The highest BCUT2D eigenvalue weighted by molar-refractivity contribution is 5.92. The number of benzene rings is 1. The molecule has 2 rings (SSSR count). The molecule has 1 aromatic carbocycles. The molecule has 0 saturated heterocycles. The minimum atomic E-state index is -0.0464. The van der Waals surface area contributed by atoms with E-state index < -0.39 is 0 Å². The molecule has 19 heavy (non-hydrogen) atoms. The third kappa shape index (κ3) is 3.61. The first-order valence-electron chi connectivity index (χ1n) is 6.38. The van der Waals surface area contributed by atoms with Crippen molar-refractivity contribution in [2.45, 2.75) is 13.0 Å². The third-order valence-corrected chi connectivity index (χ3v) is 2.94. The van der Waals surface area contributed by atoms with Gasteiger partial charge < -0.3 is 15.2 Å². The van der Waals surface area contributed by atoms with Crippen molar-refractivity contribution >= 4 is 11.6 Å². The van der Waals surface area contributed by atoms with Crippen LogP contribution in [0, 0.1) is 0 Å². The second-order valence-corrected chi connectivity index (χ2v) is 4.63. The summed E-state index contributed by atoms with van der Waals surface area (Å²) in [4.78, 5) is 12.0. The van der Waals surface area contributed by atoms with E-state index in [0.29, 0.717) is 12.2 Å². The summed E-state index contributed by atoms with van der Waals surface area (Å²) in [5, 5.41) is 6.26. The molecule has 4 heteroatoms. The van der Waals surface area contributed by atoms with E-state index in [9.17, 15) is 4.79 Å². The maximum atomic E-state index is 12.0. The highest BCUT2D eigenvalue weighted by Crippen LogP contribution is 2.05. The molecule has 0 fully saturated rings. The minimum absolute atomic E-state index is 0.0464. The van der Waals surface area contributed by atoms with Crippen molar-refractivity contribution in [2.75, 3.05) is 11.9 Å². The number of nitrogens with one attached hydrogen (secondary N) is 2. The van der Waals surface area contributed by atoms with Gasteiger partial charge >= 0.3 is 0 Å². The number of amides is 1. The summed E-state index contributed by atoms with van der Waals surface area (Å²) >= 11 is 0. The number of carbonyl (C=O) groups excluding carboxylic acids is 1. The molecule has 1 unspecified atom stereocenters. The summed E-state index contributed by atoms with van der Waals surface area (Å²) in [5.41, 5.74) is 1.73. The molecule has 0 spiro atoms. The fourth-order valence-corrected chi connectivity index (χ4v) is 1.87. The highest BCUT2D eigenvalue weighted by Gasteiger charge is 2.11. The SMILES string of the molecule is CC(CNc1ccccc1)NC(=O)c1cccn1C. The van der Waals surface area contributed by atoms with Crippen molar-refractivity contribution in [3.63, 3.8) is 0 Å². The Morgan fingerprint density at radius 2 is 1.95 bits per heavy atom. The summed E-state index contributed by atoms with van der Waals surface area (Å²) < 4.78 is 1.81. The lowest BCUT2D eigenvalue weighted by atomic mass is 10.2. The zero-order valence-electron chi connectivity index (χ0n) is 11.3. The third-order valence-electron chi connectivity index (χ3n) is 2.94. The van der Waals surface area contributed by atoms with E-state index in [1.54, 1.807) is 0 Å². The number of aromatic nitrogens is 1. The van der Waals surface area contributed by atoms with Crippen LogP contribution in [0.3, 0.4) is 0 Å². The molecule has 0 bridgehead atoms. The molecule has 0 aliphatic carbocycles. The molecule has 4 nitrogen and oxygen atoms in total. The fourth-order valence-electron chi connectivity index (χ4n) is 1.87. The first-order chi connectivity index (χ1) is 9.16. The van der Waals surface area contributed by atoms with Gasteiger partial charge in [0, 0.05) is 31.5 Å². The van der Waals surface area contributed by atoms with E-state index in [4.69, 9.17) is 0 Å². The van der Waals surface area contributed by atoms with Gasteiger partial charge in [0.1, 0.15) is 5.69 Å². The fraction of sp³-hybridized carbons (Fsp3) is 0.267. The lowest BCUT2D eigenvalue weighted by Gasteiger charge is -2.15. The maximum Gasteiger partial charge on any atom is 0.268 e. The zero-order valence-corrected chi connectivity index (χ0v) is 11.3. The maximum absolute atomic E-state index is 12.0. The van der Waals surface area contributed by atoms with Gasteiger partial charge in [0.25, 0.3) is 5.91 Å². The molecule has 0 aliphatic heterocycles. The van der Waals surface area contributed by atoms with Crippen LogP contribution in [0.15, 0.2) is 48.7 Å². The molecule has 0 radical (unpaired) electrons. The Balaban J connectivity index is 1.83. The summed E-state index contributed by atoms with van der Waals surface area (Å²) in [6, 6.07) is 13.7. The molecular weight excluding hydrogens is 238 g/mol. The molecule has 100 valence electrons. The first kappa shape index (κ1) is 13.2. The molecule has 1 amide bonds. The molecule has 0 aliphatic rings. The van der Waals surface area contributed by atoms with Gasteiger partial charge in [-0.1, -0.05) is 18.2 Å². The molecule has 1 atom stereocenters. The summed E-state index contributed by atoms with van der Waals surface area (Å²) in [6.45, 7) is 2.68. The standard InChI is InChI=1S/C15H19N3O/c1-12(11-16-13-7-4-3-5-8-13)17-15(19)14-9-6-10-18(14)2/h3-10,12,16H,11H2,1-2H3,(H,17,19). The van der Waals surface area contributed by atoms with Gasteiger partial charge in [0.15, 0.2) is 0 Å². The van der Waals surface area contributed by atoms with Crippen LogP contribution in [0.25, 0.3) is 0 Å². The van der Waals surface area contributed by atoms with Crippen LogP contribution in [-0.4, -0.2) is 23.1 Å². The van der Waals surface area contributed by atoms with Crippen molar-refractivity contribution in [1.29, 1.82) is 0 Å². The van der Waals surface area contributed by atoms with Crippen LogP contribution in [0.2, 0.25) is 0 Å². The Morgan fingerprint density at radius 1 is 1.21 bits per heavy atom. The second kappa shape index (κ2) is 6.09. The normalized spacial score (nSPS) is 11.9. The molecule has 2 aromatic rings. The number of rotatable bonds is 5. The van der Waals surface area contributed by atoms with Crippen LogP contribution < -0.4 is 10.6 Å². The van der Waals surface area contributed by atoms with Crippen molar-refractivity contribution in [3.8, 4) is 0 Å². The van der Waals surface area contributed by atoms with Crippen molar-refractivity contribution in [1.82, 2.24) is 9.88 Å². The van der Waals surface area contributed by atoms with E-state index in [1.807, 2.05) is 67.2 Å². The molecular formula is C15H19N3O. The predicted molar refractivity (Wildman–Crippen MR) is 77.3 cm³/mol. The number of carbonyl (C=O) groups is 1. The van der Waals surface area contributed by atoms with Crippen LogP contribution in [0.1, 0.15) is 17.4 Å². The van der Waals surface area contributed by atoms with E-state index in [0.717, 1.165) is 5.69 Å². The number of nitrogens with zero attached hydrogens (tertiary/aromatic N) is 1. The zero-order chi connectivity index (χ0) is 13.7. The molecule has 1 aromatic heterocycles. The predicted octanol–water partition coefficient (Wildman–Crippen LogP) is 2.26. The van der Waals surface area contributed by atoms with E-state index in [1.165, 1.54) is 0 Å². The van der Waals surface area contributed by atoms with Crippen molar-refractivity contribution in [3.05, 3.63) is 54.4 Å². The number of aryl methyl sites for hydroxylation is 1. The van der Waals surface area contributed by atoms with Crippen molar-refractivity contribution in [2.24, 2.45) is 7.05 Å². The van der Waals surface area contributed by atoms with Crippen LogP contribution in [0.4, 0.5) is 5.69 Å². The van der Waals surface area contributed by atoms with E-state index in [2.05, 4.69) is 10.6 Å². The number of hydrogen-bond donors (Lipinski definition) is 2. The van der Waals surface area contributed by atoms with Crippen LogP contribution in [0.5, 0.6) is 0 Å². The Morgan fingerprint density at radius 3 is 2.58 bits per heavy atom. The molecule has 2 N–H and O–H groups in total. The monoisotopic (exact) mass is 257 g/mol. The van der Waals surface area contributed by atoms with Gasteiger partial charge in [-0.25, -0.2) is 0 Å². The van der Waals surface area contributed by atoms with E-state index >= 15 is 0 Å². The average Bonchev–Trinajstić information content (AvgIpc) is 2.84. The van der Waals surface area contributed by atoms with Crippen molar-refractivity contribution < 1.29 is 4.79 Å². The van der Waals surface area contributed by atoms with Gasteiger partial charge in [0.2, 0.25) is 0 Å². The molecule has 0 saturated carbocycles. The first-order valence-corrected chi connectivity index (χ1v) is 6.38. The Bertz CT molecular complexity index is 533. The van der Waals surface area contributed by atoms with Gasteiger partial charge in [-0.2, -0.15) is 0 Å². The average molecular weight is 257 g/mol. The Labute approximate surface area is 113 Å². The Hall–Kier alpha value is -2.23. The smallest absolute Gasteiger partial charge is 0.268 e. The van der Waals surface area contributed by atoms with Gasteiger partial charge in [-0.05, 0) is 31.2 Å². The summed E-state index contributed by atoms with van der Waals surface area (Å²) in [7, 11) is 1.86. The number of anilines is 1. The molecule has 1 heterocycles.